The van der Waals surface area contributed by atoms with Gasteiger partial charge in [0.25, 0.3) is 10.1 Å². The zero-order valence-electron chi connectivity index (χ0n) is 16.2. The Hall–Kier alpha value is -1.14. The zero-order chi connectivity index (χ0) is 19.5. The third kappa shape index (κ3) is 20.9. The molecule has 0 unspecified atom stereocenters. The molecule has 0 aliphatic rings. The van der Waals surface area contributed by atoms with E-state index < -0.39 is 21.8 Å². The Labute approximate surface area is 159 Å². The fraction of sp³-hybridized carbons (Fsp3) is 0.750. The van der Waals surface area contributed by atoms with Crippen molar-refractivity contribution in [3.8, 4) is 0 Å². The maximum absolute atomic E-state index is 11.3. The van der Waals surface area contributed by atoms with E-state index in [0.717, 1.165) is 44.9 Å². The second-order valence-electron chi connectivity index (χ2n) is 6.49. The molecule has 152 valence electrons. The molecule has 0 saturated carbocycles. The van der Waals surface area contributed by atoms with Crippen molar-refractivity contribution >= 4 is 16.1 Å². The molecule has 6 heteroatoms. The second kappa shape index (κ2) is 17.3. The number of rotatable bonds is 17. The molecule has 0 radical (unpaired) electrons. The first-order valence-electron chi connectivity index (χ1n) is 9.86. The van der Waals surface area contributed by atoms with Crippen LogP contribution in [0.1, 0.15) is 84.0 Å². The third-order valence-electron chi connectivity index (χ3n) is 3.94. The number of esters is 1. The molecule has 0 aromatic rings. The highest BCUT2D eigenvalue weighted by atomic mass is 32.2. The monoisotopic (exact) mass is 388 g/mol. The summed E-state index contributed by atoms with van der Waals surface area (Å²) in [5.41, 5.74) is 0. The van der Waals surface area contributed by atoms with E-state index in [0.29, 0.717) is 6.42 Å². The molecule has 5 nitrogen and oxygen atoms in total. The maximum Gasteiger partial charge on any atom is 0.305 e. The molecule has 0 aliphatic heterocycles. The highest BCUT2D eigenvalue weighted by Crippen LogP contribution is 2.08. The molecule has 0 spiro atoms. The van der Waals surface area contributed by atoms with Crippen molar-refractivity contribution in [3.63, 3.8) is 0 Å². The van der Waals surface area contributed by atoms with E-state index in [2.05, 4.69) is 31.2 Å². The van der Waals surface area contributed by atoms with Crippen LogP contribution in [0.2, 0.25) is 0 Å². The summed E-state index contributed by atoms with van der Waals surface area (Å²) in [7, 11) is -4.06. The van der Waals surface area contributed by atoms with Crippen molar-refractivity contribution in [1.29, 1.82) is 0 Å². The molecule has 0 bridgehead atoms. The number of ether oxygens (including phenoxy) is 1. The van der Waals surface area contributed by atoms with E-state index >= 15 is 0 Å². The van der Waals surface area contributed by atoms with E-state index in [1.165, 1.54) is 25.7 Å². The first-order chi connectivity index (χ1) is 12.5. The molecule has 1 N–H and O–H groups in total. The average Bonchev–Trinajstić information content (AvgIpc) is 2.57. The zero-order valence-corrected chi connectivity index (χ0v) is 17.0. The van der Waals surface area contributed by atoms with Crippen LogP contribution in [-0.2, 0) is 19.6 Å². The van der Waals surface area contributed by atoms with Crippen molar-refractivity contribution in [2.45, 2.75) is 84.0 Å². The maximum atomic E-state index is 11.3. The van der Waals surface area contributed by atoms with Crippen LogP contribution in [0.5, 0.6) is 0 Å². The Morgan fingerprint density at radius 3 is 2.08 bits per heavy atom. The summed E-state index contributed by atoms with van der Waals surface area (Å²) in [6.07, 6.45) is 21.6. The van der Waals surface area contributed by atoms with Gasteiger partial charge >= 0.3 is 5.97 Å². The molecule has 0 amide bonds. The molecule has 0 atom stereocenters. The lowest BCUT2D eigenvalue weighted by molar-refractivity contribution is -0.143. The van der Waals surface area contributed by atoms with Crippen molar-refractivity contribution < 1.29 is 22.5 Å². The largest absolute Gasteiger partial charge is 0.464 e. The Balaban J connectivity index is 3.35. The Morgan fingerprint density at radius 2 is 1.46 bits per heavy atom. The molecular weight excluding hydrogens is 352 g/mol. The highest BCUT2D eigenvalue weighted by molar-refractivity contribution is 7.85. The van der Waals surface area contributed by atoms with Crippen LogP contribution in [0.3, 0.4) is 0 Å². The predicted molar refractivity (Wildman–Crippen MR) is 107 cm³/mol. The van der Waals surface area contributed by atoms with Crippen molar-refractivity contribution in [2.75, 3.05) is 12.4 Å². The van der Waals surface area contributed by atoms with Crippen LogP contribution in [-0.4, -0.2) is 31.3 Å². The van der Waals surface area contributed by atoms with Gasteiger partial charge in [0.1, 0.15) is 12.4 Å². The van der Waals surface area contributed by atoms with Crippen molar-refractivity contribution in [3.05, 3.63) is 24.3 Å². The van der Waals surface area contributed by atoms with Crippen LogP contribution >= 0.6 is 0 Å². The number of carbonyl (C=O) groups is 1. The highest BCUT2D eigenvalue weighted by Gasteiger charge is 2.07. The van der Waals surface area contributed by atoms with E-state index in [1.807, 2.05) is 0 Å². The van der Waals surface area contributed by atoms with Gasteiger partial charge in [-0.2, -0.15) is 8.42 Å². The minimum Gasteiger partial charge on any atom is -0.464 e. The Morgan fingerprint density at radius 1 is 0.885 bits per heavy atom. The van der Waals surface area contributed by atoms with Gasteiger partial charge in [-0.1, -0.05) is 63.3 Å². The van der Waals surface area contributed by atoms with Crippen LogP contribution < -0.4 is 0 Å². The molecule has 0 aliphatic carbocycles. The van der Waals surface area contributed by atoms with Gasteiger partial charge in [0, 0.05) is 6.42 Å². The topological polar surface area (TPSA) is 80.7 Å². The van der Waals surface area contributed by atoms with Crippen LogP contribution in [0.15, 0.2) is 24.3 Å². The molecule has 0 aromatic carbocycles. The quantitative estimate of drug-likeness (QED) is 0.160. The lowest BCUT2D eigenvalue weighted by Crippen LogP contribution is -2.14. The minimum absolute atomic E-state index is 0.280. The van der Waals surface area contributed by atoms with Gasteiger partial charge in [0.15, 0.2) is 0 Å². The van der Waals surface area contributed by atoms with Gasteiger partial charge in [-0.3, -0.25) is 9.35 Å². The van der Waals surface area contributed by atoms with Crippen molar-refractivity contribution in [2.24, 2.45) is 0 Å². The smallest absolute Gasteiger partial charge is 0.305 e. The number of hydrogen-bond acceptors (Lipinski definition) is 4. The summed E-state index contributed by atoms with van der Waals surface area (Å²) in [6.45, 7) is 1.94. The standard InChI is InChI=1S/C20H36O5S/c1-2-3-4-5-6-7-8-9-10-11-12-13-14-15-16-17-20(21)25-18-19-26(22,23)24/h6-7,9-10H,2-5,8,11-19H2,1H3,(H,22,23,24)/b7-6-,10-9-. The Kier molecular flexibility index (Phi) is 16.5. The second-order valence-corrected chi connectivity index (χ2v) is 8.06. The van der Waals surface area contributed by atoms with E-state index in [4.69, 9.17) is 9.29 Å². The summed E-state index contributed by atoms with van der Waals surface area (Å²) in [4.78, 5) is 11.3. The molecule has 0 aromatic heterocycles. The minimum atomic E-state index is -4.06. The number of unbranched alkanes of at least 4 members (excludes halogenated alkanes) is 8. The van der Waals surface area contributed by atoms with Gasteiger partial charge in [-0.05, 0) is 38.5 Å². The van der Waals surface area contributed by atoms with Crippen LogP contribution in [0.4, 0.5) is 0 Å². The summed E-state index contributed by atoms with van der Waals surface area (Å²) in [5, 5.41) is 0. The third-order valence-corrected chi connectivity index (χ3v) is 4.62. The lowest BCUT2D eigenvalue weighted by Gasteiger charge is -2.03. The van der Waals surface area contributed by atoms with Crippen molar-refractivity contribution in [1.82, 2.24) is 0 Å². The summed E-state index contributed by atoms with van der Waals surface area (Å²) < 4.78 is 34.2. The van der Waals surface area contributed by atoms with Crippen LogP contribution in [0.25, 0.3) is 0 Å². The average molecular weight is 389 g/mol. The van der Waals surface area contributed by atoms with Gasteiger partial charge < -0.3 is 4.74 Å². The molecule has 26 heavy (non-hydrogen) atoms. The molecular formula is C20H36O5S. The Bertz CT molecular complexity index is 494. The fourth-order valence-electron chi connectivity index (χ4n) is 2.41. The predicted octanol–water partition coefficient (Wildman–Crippen LogP) is 5.23. The molecule has 0 rings (SSSR count). The first kappa shape index (κ1) is 24.9. The first-order valence-corrected chi connectivity index (χ1v) is 11.5. The number of hydrogen-bond donors (Lipinski definition) is 1. The van der Waals surface area contributed by atoms with Crippen LogP contribution in [0, 0.1) is 0 Å². The lowest BCUT2D eigenvalue weighted by atomic mass is 10.1. The molecule has 0 fully saturated rings. The van der Waals surface area contributed by atoms with Gasteiger partial charge in [-0.25, -0.2) is 0 Å². The van der Waals surface area contributed by atoms with E-state index in [9.17, 15) is 13.2 Å². The fourth-order valence-corrected chi connectivity index (χ4v) is 2.71. The van der Waals surface area contributed by atoms with E-state index in [-0.39, 0.29) is 6.61 Å². The van der Waals surface area contributed by atoms with Gasteiger partial charge in [0.2, 0.25) is 0 Å². The summed E-state index contributed by atoms with van der Waals surface area (Å²) in [5.74, 6) is -0.944. The summed E-state index contributed by atoms with van der Waals surface area (Å²) in [6, 6.07) is 0. The molecule has 0 saturated heterocycles. The molecule has 0 heterocycles. The SMILES string of the molecule is CCCCC/C=C\C/C=C\CCCCCCCC(=O)OCCS(=O)(=O)O. The van der Waals surface area contributed by atoms with Gasteiger partial charge in [0.05, 0.1) is 0 Å². The normalized spacial score (nSPS) is 12.2. The summed E-state index contributed by atoms with van der Waals surface area (Å²) >= 11 is 0. The number of carbonyl (C=O) groups excluding carboxylic acids is 1. The van der Waals surface area contributed by atoms with Gasteiger partial charge in [-0.15, -0.1) is 0 Å². The number of allylic oxidation sites excluding steroid dienone is 4. The van der Waals surface area contributed by atoms with E-state index in [1.54, 1.807) is 0 Å².